The molecule has 1 rings (SSSR count). The van der Waals surface area contributed by atoms with Gasteiger partial charge in [-0.3, -0.25) is 4.90 Å². The van der Waals surface area contributed by atoms with Crippen LogP contribution in [0.3, 0.4) is 0 Å². The van der Waals surface area contributed by atoms with Gasteiger partial charge in [0.15, 0.2) is 5.96 Å². The average Bonchev–Trinajstić information content (AvgIpc) is 2.49. The van der Waals surface area contributed by atoms with Gasteiger partial charge in [0.2, 0.25) is 0 Å². The van der Waals surface area contributed by atoms with Gasteiger partial charge in [-0.25, -0.2) is 4.99 Å². The second-order valence-electron chi connectivity index (χ2n) is 6.03. The molecule has 124 valence electrons. The summed E-state index contributed by atoms with van der Waals surface area (Å²) in [4.78, 5) is 7.13. The van der Waals surface area contributed by atoms with Crippen molar-refractivity contribution in [3.8, 4) is 0 Å². The first kappa shape index (κ1) is 18.5. The smallest absolute Gasteiger partial charge is 0.191 e. The summed E-state index contributed by atoms with van der Waals surface area (Å²) in [6.07, 6.45) is 0. The van der Waals surface area contributed by atoms with Crippen LogP contribution < -0.4 is 10.6 Å². The van der Waals surface area contributed by atoms with Crippen LogP contribution >= 0.6 is 0 Å². The van der Waals surface area contributed by atoms with Crippen LogP contribution in [0, 0.1) is 0 Å². The first-order chi connectivity index (χ1) is 10.5. The number of aliphatic imine (C=N–C) groups is 1. The van der Waals surface area contributed by atoms with Gasteiger partial charge in [-0.05, 0) is 40.2 Å². The molecule has 1 aromatic rings. The Balaban J connectivity index is 2.50. The minimum absolute atomic E-state index is 0.561. The summed E-state index contributed by atoms with van der Waals surface area (Å²) in [6.45, 7) is 14.6. The van der Waals surface area contributed by atoms with E-state index < -0.39 is 0 Å². The van der Waals surface area contributed by atoms with Gasteiger partial charge < -0.3 is 10.6 Å². The fourth-order valence-electron chi connectivity index (χ4n) is 2.51. The van der Waals surface area contributed by atoms with E-state index in [1.54, 1.807) is 0 Å². The topological polar surface area (TPSA) is 39.7 Å². The second-order valence-corrected chi connectivity index (χ2v) is 6.03. The molecule has 2 N–H and O–H groups in total. The van der Waals surface area contributed by atoms with Crippen LogP contribution in [0.4, 0.5) is 0 Å². The number of guanidine groups is 1. The zero-order valence-corrected chi connectivity index (χ0v) is 14.8. The molecular formula is C18H32N4. The Hall–Kier alpha value is -1.55. The number of hydrogen-bond donors (Lipinski definition) is 2. The molecule has 0 saturated carbocycles. The lowest BCUT2D eigenvalue weighted by molar-refractivity contribution is 0.178. The Kier molecular flexibility index (Phi) is 8.60. The minimum Gasteiger partial charge on any atom is -0.357 e. The van der Waals surface area contributed by atoms with Crippen molar-refractivity contribution in [1.29, 1.82) is 0 Å². The highest BCUT2D eigenvalue weighted by Gasteiger charge is 2.12. The number of rotatable bonds is 8. The molecule has 0 unspecified atom stereocenters. The molecule has 0 aliphatic carbocycles. The van der Waals surface area contributed by atoms with Crippen LogP contribution in [0.2, 0.25) is 0 Å². The van der Waals surface area contributed by atoms with Crippen LogP contribution in [-0.2, 0) is 6.54 Å². The summed E-state index contributed by atoms with van der Waals surface area (Å²) < 4.78 is 0. The molecular weight excluding hydrogens is 272 g/mol. The lowest BCUT2D eigenvalue weighted by Crippen LogP contribution is -2.45. The predicted octanol–water partition coefficient (Wildman–Crippen LogP) is 2.86. The molecule has 0 saturated heterocycles. The van der Waals surface area contributed by atoms with Gasteiger partial charge in [0.1, 0.15) is 0 Å². The maximum atomic E-state index is 4.65. The Morgan fingerprint density at radius 3 is 2.23 bits per heavy atom. The molecule has 0 fully saturated rings. The van der Waals surface area contributed by atoms with Crippen molar-refractivity contribution in [3.05, 3.63) is 35.9 Å². The van der Waals surface area contributed by atoms with Crippen LogP contribution in [0.15, 0.2) is 35.3 Å². The highest BCUT2D eigenvalue weighted by Crippen LogP contribution is 2.03. The van der Waals surface area contributed by atoms with E-state index in [9.17, 15) is 0 Å². The first-order valence-corrected chi connectivity index (χ1v) is 8.36. The van der Waals surface area contributed by atoms with Gasteiger partial charge in [0.25, 0.3) is 0 Å². The number of nitrogens with one attached hydrogen (secondary N) is 2. The average molecular weight is 304 g/mol. The molecule has 0 spiro atoms. The Morgan fingerprint density at radius 1 is 1.05 bits per heavy atom. The van der Waals surface area contributed by atoms with Crippen molar-refractivity contribution in [2.75, 3.05) is 19.6 Å². The van der Waals surface area contributed by atoms with E-state index in [1.807, 2.05) is 18.2 Å². The lowest BCUT2D eigenvalue weighted by atomic mass is 10.2. The largest absolute Gasteiger partial charge is 0.357 e. The van der Waals surface area contributed by atoms with Gasteiger partial charge >= 0.3 is 0 Å². The van der Waals surface area contributed by atoms with Crippen molar-refractivity contribution in [1.82, 2.24) is 15.5 Å². The fourth-order valence-corrected chi connectivity index (χ4v) is 2.51. The Labute approximate surface area is 136 Å². The summed E-state index contributed by atoms with van der Waals surface area (Å²) in [5.41, 5.74) is 1.23. The van der Waals surface area contributed by atoms with E-state index in [0.29, 0.717) is 18.6 Å². The molecule has 1 aromatic carbocycles. The van der Waals surface area contributed by atoms with Gasteiger partial charge in [-0.2, -0.15) is 0 Å². The maximum Gasteiger partial charge on any atom is 0.191 e. The third kappa shape index (κ3) is 6.94. The van der Waals surface area contributed by atoms with Gasteiger partial charge in [0, 0.05) is 31.7 Å². The van der Waals surface area contributed by atoms with E-state index in [4.69, 9.17) is 0 Å². The van der Waals surface area contributed by atoms with Crippen LogP contribution in [0.25, 0.3) is 0 Å². The fraction of sp³-hybridized carbons (Fsp3) is 0.611. The van der Waals surface area contributed by atoms with E-state index in [1.165, 1.54) is 5.56 Å². The molecule has 4 heteroatoms. The van der Waals surface area contributed by atoms with Crippen LogP contribution in [0.1, 0.15) is 40.2 Å². The minimum atomic E-state index is 0.561. The van der Waals surface area contributed by atoms with E-state index in [-0.39, 0.29) is 0 Å². The Bertz CT molecular complexity index is 418. The maximum absolute atomic E-state index is 4.65. The Morgan fingerprint density at radius 2 is 1.68 bits per heavy atom. The number of nitrogens with zero attached hydrogens (tertiary/aromatic N) is 2. The standard InChI is InChI=1S/C18H32N4/c1-6-19-18(21-14-17-10-8-7-9-11-17)20-12-13-22(15(2)3)16(4)5/h7-11,15-16H,6,12-14H2,1-5H3,(H2,19,20,21). The van der Waals surface area contributed by atoms with Crippen molar-refractivity contribution in [3.63, 3.8) is 0 Å². The molecule has 22 heavy (non-hydrogen) atoms. The normalized spacial score (nSPS) is 12.3. The molecule has 0 heterocycles. The molecule has 4 nitrogen and oxygen atoms in total. The summed E-state index contributed by atoms with van der Waals surface area (Å²) in [6, 6.07) is 11.5. The molecule has 0 amide bonds. The predicted molar refractivity (Wildman–Crippen MR) is 96.2 cm³/mol. The highest BCUT2D eigenvalue weighted by molar-refractivity contribution is 5.79. The van der Waals surface area contributed by atoms with Gasteiger partial charge in [-0.1, -0.05) is 30.3 Å². The zero-order chi connectivity index (χ0) is 16.4. The van der Waals surface area contributed by atoms with Crippen molar-refractivity contribution in [2.45, 2.75) is 53.2 Å². The van der Waals surface area contributed by atoms with E-state index in [2.05, 4.69) is 67.3 Å². The second kappa shape index (κ2) is 10.2. The zero-order valence-electron chi connectivity index (χ0n) is 14.8. The van der Waals surface area contributed by atoms with Crippen LogP contribution in [-0.4, -0.2) is 42.6 Å². The third-order valence-corrected chi connectivity index (χ3v) is 3.60. The quantitative estimate of drug-likeness (QED) is 0.573. The number of benzene rings is 1. The SMILES string of the molecule is CCNC(=NCc1ccccc1)NCCN(C(C)C)C(C)C. The molecule has 0 aliphatic heterocycles. The number of hydrogen-bond acceptors (Lipinski definition) is 2. The lowest BCUT2D eigenvalue weighted by Gasteiger charge is -2.30. The van der Waals surface area contributed by atoms with Crippen molar-refractivity contribution >= 4 is 5.96 Å². The molecule has 0 aliphatic rings. The summed E-state index contributed by atoms with van der Waals surface area (Å²) in [7, 11) is 0. The third-order valence-electron chi connectivity index (χ3n) is 3.60. The van der Waals surface area contributed by atoms with Gasteiger partial charge in [-0.15, -0.1) is 0 Å². The van der Waals surface area contributed by atoms with E-state index >= 15 is 0 Å². The summed E-state index contributed by atoms with van der Waals surface area (Å²) in [5, 5.41) is 6.73. The highest BCUT2D eigenvalue weighted by atomic mass is 15.2. The molecule has 0 radical (unpaired) electrons. The molecule has 0 aromatic heterocycles. The van der Waals surface area contributed by atoms with E-state index in [0.717, 1.165) is 25.6 Å². The summed E-state index contributed by atoms with van der Waals surface area (Å²) >= 11 is 0. The van der Waals surface area contributed by atoms with Crippen molar-refractivity contribution < 1.29 is 0 Å². The van der Waals surface area contributed by atoms with Gasteiger partial charge in [0.05, 0.1) is 6.54 Å². The first-order valence-electron chi connectivity index (χ1n) is 8.36. The molecule has 0 bridgehead atoms. The molecule has 0 atom stereocenters. The van der Waals surface area contributed by atoms with Crippen molar-refractivity contribution in [2.24, 2.45) is 4.99 Å². The monoisotopic (exact) mass is 304 g/mol. The van der Waals surface area contributed by atoms with Crippen LogP contribution in [0.5, 0.6) is 0 Å². The summed E-state index contributed by atoms with van der Waals surface area (Å²) in [5.74, 6) is 0.888.